The number of hydrogen-bond acceptors (Lipinski definition) is 7. The number of carbonyl (C=O) groups is 1. The van der Waals surface area contributed by atoms with Gasteiger partial charge in [-0.15, -0.1) is 0 Å². The molecule has 1 amide bonds. The Morgan fingerprint density at radius 2 is 1.94 bits per heavy atom. The van der Waals surface area contributed by atoms with Crippen molar-refractivity contribution in [3.05, 3.63) is 70.0 Å². The van der Waals surface area contributed by atoms with Gasteiger partial charge in [-0.2, -0.15) is 4.40 Å². The van der Waals surface area contributed by atoms with Gasteiger partial charge in [0.1, 0.15) is 18.2 Å². The van der Waals surface area contributed by atoms with Crippen LogP contribution in [0.1, 0.15) is 43.6 Å². The maximum atomic E-state index is 13.0. The van der Waals surface area contributed by atoms with E-state index in [-0.39, 0.29) is 18.1 Å². The molecule has 0 radical (unpaired) electrons. The van der Waals surface area contributed by atoms with Crippen molar-refractivity contribution in [2.24, 2.45) is 10.1 Å². The minimum Gasteiger partial charge on any atom is -0.490 e. The molecular weight excluding hydrogens is 426 g/mol. The molecule has 1 aliphatic heterocycles. The van der Waals surface area contributed by atoms with Crippen molar-refractivity contribution in [2.45, 2.75) is 33.2 Å². The molecular formula is C23H27N5O3S. The third-order valence-corrected chi connectivity index (χ3v) is 5.22. The number of anilines is 1. The summed E-state index contributed by atoms with van der Waals surface area (Å²) >= 11 is 1.16. The average molecular weight is 454 g/mol. The summed E-state index contributed by atoms with van der Waals surface area (Å²) in [5, 5.41) is 3.63. The van der Waals surface area contributed by atoms with Gasteiger partial charge in [-0.05, 0) is 32.0 Å². The lowest BCUT2D eigenvalue weighted by Gasteiger charge is -2.28. The van der Waals surface area contributed by atoms with Crippen LogP contribution in [0.4, 0.5) is 5.69 Å². The molecule has 5 N–H and O–H groups in total. The zero-order valence-electron chi connectivity index (χ0n) is 18.5. The molecule has 2 aromatic carbocycles. The maximum absolute atomic E-state index is 13.0. The van der Waals surface area contributed by atoms with E-state index in [1.807, 2.05) is 45.9 Å². The summed E-state index contributed by atoms with van der Waals surface area (Å²) in [5.41, 5.74) is 7.41. The molecule has 9 heteroatoms. The van der Waals surface area contributed by atoms with E-state index in [1.165, 1.54) is 6.07 Å². The first kappa shape index (κ1) is 23.2. The van der Waals surface area contributed by atoms with Crippen LogP contribution in [0.5, 0.6) is 5.75 Å². The third-order valence-electron chi connectivity index (χ3n) is 4.62. The van der Waals surface area contributed by atoms with E-state index in [4.69, 9.17) is 10.5 Å². The summed E-state index contributed by atoms with van der Waals surface area (Å²) in [4.78, 5) is 27.6. The van der Waals surface area contributed by atoms with Crippen LogP contribution in [0.3, 0.4) is 0 Å². The van der Waals surface area contributed by atoms with Crippen molar-refractivity contribution in [1.82, 2.24) is 10.3 Å². The lowest BCUT2D eigenvalue weighted by molar-refractivity contribution is 0.0882. The second kappa shape index (κ2) is 9.78. The first-order valence-electron chi connectivity index (χ1n) is 10.3. The van der Waals surface area contributed by atoms with Gasteiger partial charge in [0, 0.05) is 17.0 Å². The number of para-hydroxylation sites is 1. The second-order valence-electron chi connectivity index (χ2n) is 7.57. The molecule has 2 heterocycles. The molecule has 0 unspecified atom stereocenters. The Bertz CT molecular complexity index is 1220. The Kier molecular flexibility index (Phi) is 7.09. The second-order valence-corrected chi connectivity index (χ2v) is 8.14. The summed E-state index contributed by atoms with van der Waals surface area (Å²) in [7, 11) is 0. The third kappa shape index (κ3) is 5.05. The summed E-state index contributed by atoms with van der Waals surface area (Å²) in [6.07, 6.45) is 0. The molecule has 0 spiro atoms. The van der Waals surface area contributed by atoms with Crippen LogP contribution in [0.15, 0.2) is 57.7 Å². The van der Waals surface area contributed by atoms with Crippen molar-refractivity contribution in [2.75, 3.05) is 11.3 Å². The van der Waals surface area contributed by atoms with E-state index in [0.717, 1.165) is 17.8 Å². The number of nitrogens with two attached hydrogens (primary N) is 1. The Labute approximate surface area is 190 Å². The Morgan fingerprint density at radius 3 is 2.72 bits per heavy atom. The van der Waals surface area contributed by atoms with Gasteiger partial charge in [0.15, 0.2) is 0 Å². The number of nitrogens with zero attached hydrogens (tertiary/aromatic N) is 1. The number of ether oxygens (including phenoxy) is 1. The van der Waals surface area contributed by atoms with Gasteiger partial charge in [-0.3, -0.25) is 9.59 Å². The fraction of sp³-hybridized carbons (Fsp3) is 0.261. The number of amides is 1. The fourth-order valence-electron chi connectivity index (χ4n) is 3.23. The van der Waals surface area contributed by atoms with E-state index in [1.54, 1.807) is 24.3 Å². The molecule has 0 saturated heterocycles. The zero-order valence-corrected chi connectivity index (χ0v) is 19.3. The maximum Gasteiger partial charge on any atom is 0.252 e. The molecule has 0 aliphatic carbocycles. The van der Waals surface area contributed by atoms with Crippen molar-refractivity contribution >= 4 is 40.5 Å². The van der Waals surface area contributed by atoms with E-state index >= 15 is 0 Å². The molecule has 8 nitrogen and oxygen atoms in total. The summed E-state index contributed by atoms with van der Waals surface area (Å²) < 4.78 is 13.2. The van der Waals surface area contributed by atoms with Crippen LogP contribution in [0, 0.1) is 0 Å². The first-order valence-corrected chi connectivity index (χ1v) is 11.1. The van der Waals surface area contributed by atoms with Gasteiger partial charge in [0.05, 0.1) is 34.5 Å². The van der Waals surface area contributed by atoms with Crippen LogP contribution in [0.2, 0.25) is 0 Å². The number of amidine groups is 1. The minimum absolute atomic E-state index is 0.191. The highest BCUT2D eigenvalue weighted by atomic mass is 32.2. The molecule has 1 aliphatic rings. The van der Waals surface area contributed by atoms with Crippen LogP contribution in [-0.4, -0.2) is 28.9 Å². The lowest BCUT2D eigenvalue weighted by atomic mass is 10.0. The van der Waals surface area contributed by atoms with Crippen molar-refractivity contribution < 1.29 is 9.53 Å². The average Bonchev–Trinajstić information content (AvgIpc) is 2.78. The predicted molar refractivity (Wildman–Crippen MR) is 131 cm³/mol. The zero-order chi connectivity index (χ0) is 23.3. The normalized spacial score (nSPS) is 12.6. The molecule has 0 atom stereocenters. The molecule has 168 valence electrons. The molecule has 3 aromatic rings. The number of aromatic nitrogens is 1. The lowest BCUT2D eigenvalue weighted by Crippen LogP contribution is -2.48. The Morgan fingerprint density at radius 1 is 1.19 bits per heavy atom. The summed E-state index contributed by atoms with van der Waals surface area (Å²) in [6, 6.07) is 14.1. The SMILES string of the molecule is CC.CC(C)(COc1cccc2c1C(N)=NSN2)NC(=O)c1cc(=O)[nH]c2ccccc12. The quantitative estimate of drug-likeness (QED) is 0.436. The van der Waals surface area contributed by atoms with Gasteiger partial charge in [0.2, 0.25) is 5.56 Å². The smallest absolute Gasteiger partial charge is 0.252 e. The number of carbonyl (C=O) groups excluding carboxylic acids is 1. The van der Waals surface area contributed by atoms with Crippen molar-refractivity contribution in [3.8, 4) is 5.75 Å². The topological polar surface area (TPSA) is 122 Å². The molecule has 1 aromatic heterocycles. The Balaban J connectivity index is 0.00000141. The highest BCUT2D eigenvalue weighted by Crippen LogP contribution is 2.32. The van der Waals surface area contributed by atoms with Crippen molar-refractivity contribution in [3.63, 3.8) is 0 Å². The van der Waals surface area contributed by atoms with Crippen LogP contribution >= 0.6 is 12.1 Å². The van der Waals surface area contributed by atoms with Gasteiger partial charge in [-0.1, -0.05) is 38.1 Å². The number of rotatable bonds is 5. The summed E-state index contributed by atoms with van der Waals surface area (Å²) in [6.45, 7) is 7.89. The predicted octanol–water partition coefficient (Wildman–Crippen LogP) is 3.84. The Hall–Kier alpha value is -3.46. The van der Waals surface area contributed by atoms with Gasteiger partial charge >= 0.3 is 0 Å². The van der Waals surface area contributed by atoms with E-state index in [0.29, 0.717) is 33.6 Å². The molecule has 0 saturated carbocycles. The molecule has 4 rings (SSSR count). The molecule has 32 heavy (non-hydrogen) atoms. The minimum atomic E-state index is -0.716. The number of aromatic amines is 1. The van der Waals surface area contributed by atoms with Gasteiger partial charge < -0.3 is 25.5 Å². The van der Waals surface area contributed by atoms with Crippen LogP contribution in [0.25, 0.3) is 10.9 Å². The van der Waals surface area contributed by atoms with E-state index < -0.39 is 5.54 Å². The largest absolute Gasteiger partial charge is 0.490 e. The van der Waals surface area contributed by atoms with Gasteiger partial charge in [0.25, 0.3) is 5.91 Å². The number of nitrogens with one attached hydrogen (secondary N) is 3. The fourth-order valence-corrected chi connectivity index (χ4v) is 3.73. The van der Waals surface area contributed by atoms with Gasteiger partial charge in [-0.25, -0.2) is 0 Å². The molecule has 0 bridgehead atoms. The van der Waals surface area contributed by atoms with E-state index in [9.17, 15) is 9.59 Å². The number of fused-ring (bicyclic) bond motifs is 2. The van der Waals surface area contributed by atoms with Crippen LogP contribution in [-0.2, 0) is 0 Å². The summed E-state index contributed by atoms with van der Waals surface area (Å²) in [5.74, 6) is 0.604. The number of pyridine rings is 1. The van der Waals surface area contributed by atoms with Crippen LogP contribution < -0.4 is 26.1 Å². The molecule has 0 fully saturated rings. The highest BCUT2D eigenvalue weighted by Gasteiger charge is 2.25. The standard InChI is InChI=1S/C21H21N5O3S.C2H6/c1-21(2,11-29-16-9-5-8-15-18(16)19(22)26-30-25-15)24-20(28)13-10-17(27)23-14-7-4-3-6-12(13)14;1-2/h3-10,25H,11H2,1-2H3,(H2,22,26)(H,23,27)(H,24,28);1-2H3. The monoisotopic (exact) mass is 453 g/mol. The number of hydrogen-bond donors (Lipinski definition) is 4. The highest BCUT2D eigenvalue weighted by molar-refractivity contribution is 7.99. The van der Waals surface area contributed by atoms with E-state index in [2.05, 4.69) is 19.4 Å². The van der Waals surface area contributed by atoms with Crippen molar-refractivity contribution in [1.29, 1.82) is 0 Å². The number of benzene rings is 2. The first-order chi connectivity index (χ1) is 15.3. The number of H-pyrrole nitrogens is 1.